The summed E-state index contributed by atoms with van der Waals surface area (Å²) < 4.78 is 33.0. The summed E-state index contributed by atoms with van der Waals surface area (Å²) in [4.78, 5) is 15.5. The highest BCUT2D eigenvalue weighted by Gasteiger charge is 2.20. The van der Waals surface area contributed by atoms with Gasteiger partial charge in [-0.25, -0.2) is 18.6 Å². The van der Waals surface area contributed by atoms with Gasteiger partial charge in [0.25, 0.3) is 0 Å². The van der Waals surface area contributed by atoms with Crippen molar-refractivity contribution in [3.05, 3.63) is 47.7 Å². The van der Waals surface area contributed by atoms with Crippen LogP contribution >= 0.6 is 0 Å². The largest absolute Gasteiger partial charge is 0.465 e. The number of halogens is 2. The predicted molar refractivity (Wildman–Crippen MR) is 78.1 cm³/mol. The number of esters is 1. The molecule has 1 aromatic carbocycles. The van der Waals surface area contributed by atoms with Gasteiger partial charge in [-0.15, -0.1) is 5.10 Å². The maximum absolute atomic E-state index is 14.0. The highest BCUT2D eigenvalue weighted by molar-refractivity contribution is 5.91. The number of nitrogens with two attached hydrogens (primary N) is 1. The summed E-state index contributed by atoms with van der Waals surface area (Å²) in [5.41, 5.74) is 5.87. The molecule has 0 atom stereocenters. The summed E-state index contributed by atoms with van der Waals surface area (Å²) >= 11 is 0. The number of carbonyl (C=O) groups is 1. The third-order valence-corrected chi connectivity index (χ3v) is 3.21. The molecule has 0 spiro atoms. The van der Waals surface area contributed by atoms with E-state index < -0.39 is 17.6 Å². The highest BCUT2D eigenvalue weighted by Crippen LogP contribution is 2.26. The van der Waals surface area contributed by atoms with E-state index in [0.29, 0.717) is 0 Å². The van der Waals surface area contributed by atoms with Crippen molar-refractivity contribution >= 4 is 11.8 Å². The summed E-state index contributed by atoms with van der Waals surface area (Å²) in [6.45, 7) is 0. The fraction of sp³-hybridized carbons (Fsp3) is 0.0714. The van der Waals surface area contributed by atoms with E-state index in [1.165, 1.54) is 31.5 Å². The first-order valence-electron chi connectivity index (χ1n) is 6.60. The molecule has 0 aliphatic heterocycles. The maximum atomic E-state index is 14.0. The van der Waals surface area contributed by atoms with Crippen molar-refractivity contribution in [1.29, 1.82) is 0 Å². The predicted octanol–water partition coefficient (Wildman–Crippen LogP) is 1.37. The van der Waals surface area contributed by atoms with E-state index in [2.05, 4.69) is 25.2 Å². The molecule has 0 amide bonds. The molecule has 3 rings (SSSR count). The summed E-state index contributed by atoms with van der Waals surface area (Å²) in [5, 5.41) is 10.9. The van der Waals surface area contributed by atoms with Gasteiger partial charge in [0.15, 0.2) is 17.5 Å². The van der Waals surface area contributed by atoms with Gasteiger partial charge in [0, 0.05) is 6.20 Å². The first-order chi connectivity index (χ1) is 11.5. The van der Waals surface area contributed by atoms with Crippen molar-refractivity contribution in [3.63, 3.8) is 0 Å². The van der Waals surface area contributed by atoms with Crippen LogP contribution in [0.25, 0.3) is 17.1 Å². The van der Waals surface area contributed by atoms with Crippen molar-refractivity contribution in [3.8, 4) is 17.1 Å². The van der Waals surface area contributed by atoms with Gasteiger partial charge >= 0.3 is 5.97 Å². The number of nitrogen functional groups attached to an aromatic ring is 1. The van der Waals surface area contributed by atoms with E-state index in [4.69, 9.17) is 5.73 Å². The van der Waals surface area contributed by atoms with E-state index in [1.54, 1.807) is 0 Å². The van der Waals surface area contributed by atoms with Crippen LogP contribution in [0.15, 0.2) is 30.5 Å². The number of aromatic nitrogens is 5. The molecule has 0 bridgehead atoms. The Labute approximate surface area is 133 Å². The van der Waals surface area contributed by atoms with Crippen LogP contribution in [0, 0.1) is 11.6 Å². The molecule has 0 unspecified atom stereocenters. The van der Waals surface area contributed by atoms with Crippen molar-refractivity contribution in [1.82, 2.24) is 25.2 Å². The van der Waals surface area contributed by atoms with E-state index in [-0.39, 0.29) is 28.5 Å². The molecule has 122 valence electrons. The Balaban J connectivity index is 2.18. The zero-order valence-electron chi connectivity index (χ0n) is 12.3. The van der Waals surface area contributed by atoms with Gasteiger partial charge in [-0.05, 0) is 28.6 Å². The van der Waals surface area contributed by atoms with E-state index in [0.717, 1.165) is 10.7 Å². The summed E-state index contributed by atoms with van der Waals surface area (Å²) in [5.74, 6) is -2.81. The lowest BCUT2D eigenvalue weighted by molar-refractivity contribution is 0.0600. The van der Waals surface area contributed by atoms with Crippen molar-refractivity contribution in [2.75, 3.05) is 12.8 Å². The normalized spacial score (nSPS) is 10.6. The molecule has 2 aromatic heterocycles. The number of anilines is 1. The van der Waals surface area contributed by atoms with Crippen molar-refractivity contribution < 1.29 is 18.3 Å². The molecule has 0 aliphatic carbocycles. The molecule has 0 saturated carbocycles. The van der Waals surface area contributed by atoms with Crippen LogP contribution in [0.1, 0.15) is 10.4 Å². The van der Waals surface area contributed by atoms with Gasteiger partial charge in [-0.1, -0.05) is 6.07 Å². The summed E-state index contributed by atoms with van der Waals surface area (Å²) in [7, 11) is 1.21. The molecule has 2 heterocycles. The lowest BCUT2D eigenvalue weighted by Crippen LogP contribution is -2.08. The van der Waals surface area contributed by atoms with Gasteiger partial charge in [0.1, 0.15) is 11.5 Å². The monoisotopic (exact) mass is 332 g/mol. The number of hydrogen-bond acceptors (Lipinski definition) is 7. The van der Waals surface area contributed by atoms with Gasteiger partial charge in [0.05, 0.1) is 18.2 Å². The number of nitrogens with zero attached hydrogens (tertiary/aromatic N) is 5. The minimum atomic E-state index is -1.12. The van der Waals surface area contributed by atoms with Gasteiger partial charge in [-0.2, -0.15) is 4.68 Å². The number of hydrogen-bond donors (Lipinski definition) is 1. The van der Waals surface area contributed by atoms with Gasteiger partial charge in [0.2, 0.25) is 0 Å². The van der Waals surface area contributed by atoms with Gasteiger partial charge < -0.3 is 10.5 Å². The number of benzene rings is 1. The molecule has 0 aliphatic rings. The molecule has 10 heteroatoms. The zero-order valence-corrected chi connectivity index (χ0v) is 12.3. The van der Waals surface area contributed by atoms with E-state index in [9.17, 15) is 13.6 Å². The lowest BCUT2D eigenvalue weighted by atomic mass is 10.1. The Bertz CT molecular complexity index is 927. The third-order valence-electron chi connectivity index (χ3n) is 3.21. The Morgan fingerprint density at radius 3 is 2.88 bits per heavy atom. The standard InChI is InChI=1S/C14H10F2N6O2/c1-24-14(23)7-5-8(12(17)18-6-7)13-19-20-21-22(13)10-4-2-3-9(15)11(10)16/h2-6H,1H3,(H2,17,18). The highest BCUT2D eigenvalue weighted by atomic mass is 19.2. The number of carbonyl (C=O) groups excluding carboxylic acids is 1. The minimum Gasteiger partial charge on any atom is -0.465 e. The smallest absolute Gasteiger partial charge is 0.339 e. The number of tetrazole rings is 1. The molecule has 3 aromatic rings. The Kier molecular flexibility index (Phi) is 3.86. The maximum Gasteiger partial charge on any atom is 0.339 e. The lowest BCUT2D eigenvalue weighted by Gasteiger charge is -2.08. The van der Waals surface area contributed by atoms with Crippen LogP contribution < -0.4 is 5.73 Å². The second-order valence-corrected chi connectivity index (χ2v) is 4.64. The topological polar surface area (TPSA) is 109 Å². The minimum absolute atomic E-state index is 0.00440. The third kappa shape index (κ3) is 2.53. The van der Waals surface area contributed by atoms with Crippen LogP contribution in [0.2, 0.25) is 0 Å². The zero-order chi connectivity index (χ0) is 17.3. The average Bonchev–Trinajstić information content (AvgIpc) is 3.06. The van der Waals surface area contributed by atoms with E-state index >= 15 is 0 Å². The molecule has 0 fully saturated rings. The quantitative estimate of drug-likeness (QED) is 0.721. The SMILES string of the molecule is COC(=O)c1cnc(N)c(-c2nnnn2-c2cccc(F)c2F)c1. The van der Waals surface area contributed by atoms with Crippen LogP contribution in [0.4, 0.5) is 14.6 Å². The second-order valence-electron chi connectivity index (χ2n) is 4.64. The first-order valence-corrected chi connectivity index (χ1v) is 6.60. The van der Waals surface area contributed by atoms with Crippen molar-refractivity contribution in [2.24, 2.45) is 0 Å². The molecule has 8 nitrogen and oxygen atoms in total. The molecule has 0 radical (unpaired) electrons. The molecular formula is C14H10F2N6O2. The number of ether oxygens (including phenoxy) is 1. The van der Waals surface area contributed by atoms with Gasteiger partial charge in [-0.3, -0.25) is 0 Å². The fourth-order valence-corrected chi connectivity index (χ4v) is 2.06. The Morgan fingerprint density at radius 2 is 2.12 bits per heavy atom. The Morgan fingerprint density at radius 1 is 1.33 bits per heavy atom. The summed E-state index contributed by atoms with van der Waals surface area (Å²) in [6.07, 6.45) is 1.22. The summed E-state index contributed by atoms with van der Waals surface area (Å²) in [6, 6.07) is 4.93. The number of pyridine rings is 1. The average molecular weight is 332 g/mol. The van der Waals surface area contributed by atoms with Crippen molar-refractivity contribution in [2.45, 2.75) is 0 Å². The Hall–Kier alpha value is -3.43. The molecular weight excluding hydrogens is 322 g/mol. The van der Waals surface area contributed by atoms with Crippen LogP contribution in [-0.4, -0.2) is 38.3 Å². The van der Waals surface area contributed by atoms with Crippen LogP contribution in [-0.2, 0) is 4.74 Å². The van der Waals surface area contributed by atoms with E-state index in [1.807, 2.05) is 0 Å². The fourth-order valence-electron chi connectivity index (χ4n) is 2.06. The number of methoxy groups -OCH3 is 1. The second kappa shape index (κ2) is 5.99. The van der Waals surface area contributed by atoms with Crippen LogP contribution in [0.5, 0.6) is 0 Å². The molecule has 24 heavy (non-hydrogen) atoms. The molecule has 2 N–H and O–H groups in total. The van der Waals surface area contributed by atoms with Crippen LogP contribution in [0.3, 0.4) is 0 Å². The molecule has 0 saturated heterocycles. The number of rotatable bonds is 3. The first kappa shape index (κ1) is 15.5.